The minimum Gasteiger partial charge on any atom is -0.461 e. The van der Waals surface area contributed by atoms with Crippen LogP contribution in [0.4, 0.5) is 14.6 Å². The van der Waals surface area contributed by atoms with Crippen molar-refractivity contribution in [2.75, 3.05) is 43.9 Å². The zero-order chi connectivity index (χ0) is 24.8. The SMILES string of the molecule is CS(=O)(=O)C1CCCCCN(c2nc(OC[C@@]34CCCN3C[C@H](F)C4)nc3c(F)c(Cl)ncc23)C1. The third-order valence-electron chi connectivity index (χ3n) is 7.62. The molecule has 5 heterocycles. The number of sulfone groups is 1. The molecular formula is C23H30ClF2N5O3S. The highest BCUT2D eigenvalue weighted by Gasteiger charge is 2.49. The van der Waals surface area contributed by atoms with Crippen LogP contribution in [-0.4, -0.2) is 84.3 Å². The molecule has 0 bridgehead atoms. The van der Waals surface area contributed by atoms with Crippen LogP contribution in [0.1, 0.15) is 44.9 Å². The Morgan fingerprint density at radius 3 is 2.83 bits per heavy atom. The Kier molecular flexibility index (Phi) is 6.78. The Hall–Kier alpha value is -1.85. The van der Waals surface area contributed by atoms with Crippen molar-refractivity contribution in [2.24, 2.45) is 0 Å². The highest BCUT2D eigenvalue weighted by atomic mass is 35.5. The van der Waals surface area contributed by atoms with E-state index in [1.807, 2.05) is 4.90 Å². The van der Waals surface area contributed by atoms with Crippen LogP contribution in [0.5, 0.6) is 6.01 Å². The van der Waals surface area contributed by atoms with Crippen molar-refractivity contribution < 1.29 is 21.9 Å². The lowest BCUT2D eigenvalue weighted by molar-refractivity contribution is 0.107. The van der Waals surface area contributed by atoms with Crippen LogP contribution in [0.25, 0.3) is 10.9 Å². The number of halogens is 3. The van der Waals surface area contributed by atoms with Crippen LogP contribution in [0.3, 0.4) is 0 Å². The predicted molar refractivity (Wildman–Crippen MR) is 130 cm³/mol. The zero-order valence-electron chi connectivity index (χ0n) is 19.7. The van der Waals surface area contributed by atoms with E-state index in [4.69, 9.17) is 16.3 Å². The standard InChI is InChI=1S/C23H30ClF2N5O3S/c1-35(32,33)16-6-3-2-4-8-30(13-16)21-17-11-27-20(24)18(26)19(17)28-22(29-21)34-14-23-7-5-9-31(23)12-15(25)10-23/h11,15-16H,2-10,12-14H2,1H3/t15-,16?,23+/m1/s1. The number of alkyl halides is 1. The average Bonchev–Trinajstić information content (AvgIpc) is 3.29. The normalized spacial score (nSPS) is 28.2. The van der Waals surface area contributed by atoms with E-state index < -0.39 is 32.6 Å². The van der Waals surface area contributed by atoms with Gasteiger partial charge in [0.1, 0.15) is 24.1 Å². The molecule has 2 aromatic rings. The first-order valence-electron chi connectivity index (χ1n) is 12.1. The van der Waals surface area contributed by atoms with Crippen LogP contribution in [-0.2, 0) is 9.84 Å². The molecule has 3 saturated heterocycles. The van der Waals surface area contributed by atoms with E-state index in [0.717, 1.165) is 38.6 Å². The van der Waals surface area contributed by atoms with Crippen molar-refractivity contribution in [1.29, 1.82) is 0 Å². The second kappa shape index (κ2) is 9.55. The molecule has 5 rings (SSSR count). The molecule has 3 aliphatic heterocycles. The molecule has 0 spiro atoms. The van der Waals surface area contributed by atoms with Gasteiger partial charge >= 0.3 is 6.01 Å². The number of nitrogens with zero attached hydrogens (tertiary/aromatic N) is 5. The Labute approximate surface area is 208 Å². The number of ether oxygens (including phenoxy) is 1. The topological polar surface area (TPSA) is 88.5 Å². The van der Waals surface area contributed by atoms with Gasteiger partial charge in [0.15, 0.2) is 20.8 Å². The van der Waals surface area contributed by atoms with Crippen molar-refractivity contribution in [3.05, 3.63) is 17.2 Å². The van der Waals surface area contributed by atoms with Gasteiger partial charge in [-0.05, 0) is 32.2 Å². The van der Waals surface area contributed by atoms with Crippen LogP contribution < -0.4 is 9.64 Å². The van der Waals surface area contributed by atoms with Crippen LogP contribution in [0, 0.1) is 5.82 Å². The summed E-state index contributed by atoms with van der Waals surface area (Å²) in [6.45, 7) is 2.21. The molecule has 3 atom stereocenters. The fraction of sp³-hybridized carbons (Fsp3) is 0.696. The summed E-state index contributed by atoms with van der Waals surface area (Å²) >= 11 is 5.95. The van der Waals surface area contributed by atoms with Crippen molar-refractivity contribution in [2.45, 2.75) is 61.9 Å². The quantitative estimate of drug-likeness (QED) is 0.543. The fourth-order valence-electron chi connectivity index (χ4n) is 5.77. The molecule has 35 heavy (non-hydrogen) atoms. The lowest BCUT2D eigenvalue weighted by atomic mass is 9.95. The van der Waals surface area contributed by atoms with Crippen molar-refractivity contribution in [1.82, 2.24) is 19.9 Å². The first kappa shape index (κ1) is 24.8. The second-order valence-electron chi connectivity index (χ2n) is 10.1. The maximum atomic E-state index is 15.0. The summed E-state index contributed by atoms with van der Waals surface area (Å²) in [6.07, 6.45) is 7.06. The molecule has 8 nitrogen and oxygen atoms in total. The Bertz CT molecular complexity index is 1220. The average molecular weight is 530 g/mol. The number of anilines is 1. The van der Waals surface area contributed by atoms with Crippen molar-refractivity contribution in [3.8, 4) is 6.01 Å². The molecule has 3 fully saturated rings. The molecular weight excluding hydrogens is 500 g/mol. The van der Waals surface area contributed by atoms with Gasteiger partial charge in [0.05, 0.1) is 16.2 Å². The van der Waals surface area contributed by atoms with Crippen LogP contribution in [0.15, 0.2) is 6.20 Å². The number of pyridine rings is 1. The number of rotatable bonds is 5. The van der Waals surface area contributed by atoms with Gasteiger partial charge in [0.2, 0.25) is 0 Å². The number of hydrogen-bond acceptors (Lipinski definition) is 8. The third-order valence-corrected chi connectivity index (χ3v) is 9.47. The largest absolute Gasteiger partial charge is 0.461 e. The zero-order valence-corrected chi connectivity index (χ0v) is 21.3. The van der Waals surface area contributed by atoms with E-state index in [9.17, 15) is 12.8 Å². The summed E-state index contributed by atoms with van der Waals surface area (Å²) in [5.74, 6) is -0.408. The lowest BCUT2D eigenvalue weighted by Gasteiger charge is -2.32. The minimum atomic E-state index is -3.29. The minimum absolute atomic E-state index is 0.0291. The van der Waals surface area contributed by atoms with Crippen LogP contribution >= 0.6 is 11.6 Å². The molecule has 192 valence electrons. The Morgan fingerprint density at radius 1 is 1.20 bits per heavy atom. The maximum absolute atomic E-state index is 15.0. The Morgan fingerprint density at radius 2 is 2.03 bits per heavy atom. The highest BCUT2D eigenvalue weighted by molar-refractivity contribution is 7.91. The van der Waals surface area contributed by atoms with E-state index in [2.05, 4.69) is 19.9 Å². The number of aromatic nitrogens is 3. The maximum Gasteiger partial charge on any atom is 0.319 e. The molecule has 0 amide bonds. The van der Waals surface area contributed by atoms with Gasteiger partial charge in [0.25, 0.3) is 0 Å². The lowest BCUT2D eigenvalue weighted by Crippen LogP contribution is -2.43. The molecule has 0 saturated carbocycles. The van der Waals surface area contributed by atoms with Gasteiger partial charge in [-0.25, -0.2) is 22.2 Å². The van der Waals surface area contributed by atoms with Gasteiger partial charge in [0, 0.05) is 38.5 Å². The van der Waals surface area contributed by atoms with E-state index in [0.29, 0.717) is 37.1 Å². The van der Waals surface area contributed by atoms with Crippen molar-refractivity contribution >= 4 is 38.2 Å². The smallest absolute Gasteiger partial charge is 0.319 e. The molecule has 0 aromatic carbocycles. The van der Waals surface area contributed by atoms with Gasteiger partial charge in [-0.2, -0.15) is 9.97 Å². The van der Waals surface area contributed by atoms with Gasteiger partial charge in [-0.1, -0.05) is 24.4 Å². The monoisotopic (exact) mass is 529 g/mol. The van der Waals surface area contributed by atoms with Gasteiger partial charge in [-0.15, -0.1) is 0 Å². The highest BCUT2D eigenvalue weighted by Crippen LogP contribution is 2.40. The summed E-state index contributed by atoms with van der Waals surface area (Å²) in [6, 6.07) is -0.0323. The van der Waals surface area contributed by atoms with E-state index in [1.165, 1.54) is 12.5 Å². The number of hydrogen-bond donors (Lipinski definition) is 0. The van der Waals surface area contributed by atoms with Crippen LogP contribution in [0.2, 0.25) is 5.15 Å². The summed E-state index contributed by atoms with van der Waals surface area (Å²) in [5.41, 5.74) is -0.438. The molecule has 2 aromatic heterocycles. The van der Waals surface area contributed by atoms with Gasteiger partial charge < -0.3 is 9.64 Å². The molecule has 3 aliphatic rings. The number of fused-ring (bicyclic) bond motifs is 2. The van der Waals surface area contributed by atoms with Gasteiger partial charge in [-0.3, -0.25) is 4.90 Å². The molecule has 1 unspecified atom stereocenters. The summed E-state index contributed by atoms with van der Waals surface area (Å²) in [4.78, 5) is 16.8. The summed E-state index contributed by atoms with van der Waals surface area (Å²) in [5, 5.41) is -0.531. The first-order chi connectivity index (χ1) is 16.7. The van der Waals surface area contributed by atoms with E-state index >= 15 is 4.39 Å². The van der Waals surface area contributed by atoms with E-state index in [1.54, 1.807) is 0 Å². The second-order valence-corrected chi connectivity index (χ2v) is 12.7. The molecule has 12 heteroatoms. The predicted octanol–water partition coefficient (Wildman–Crippen LogP) is 3.57. The summed E-state index contributed by atoms with van der Waals surface area (Å²) in [7, 11) is -3.29. The summed E-state index contributed by atoms with van der Waals surface area (Å²) < 4.78 is 60.1. The molecule has 0 radical (unpaired) electrons. The molecule has 0 N–H and O–H groups in total. The molecule has 0 aliphatic carbocycles. The van der Waals surface area contributed by atoms with Crippen molar-refractivity contribution in [3.63, 3.8) is 0 Å². The van der Waals surface area contributed by atoms with E-state index in [-0.39, 0.29) is 29.8 Å². The fourth-order valence-corrected chi connectivity index (χ4v) is 6.96. The third kappa shape index (κ3) is 4.91. The Balaban J connectivity index is 1.52. The first-order valence-corrected chi connectivity index (χ1v) is 14.5.